The molecule has 0 saturated heterocycles. The summed E-state index contributed by atoms with van der Waals surface area (Å²) < 4.78 is 13.5. The Labute approximate surface area is 122 Å². The fraction of sp³-hybridized carbons (Fsp3) is 0.500. The van der Waals surface area contributed by atoms with Crippen LogP contribution in [0.1, 0.15) is 26.7 Å². The molecule has 2 N–H and O–H groups in total. The maximum atomic E-state index is 13.5. The smallest absolute Gasteiger partial charge is 0.327 e. The molecule has 6 nitrogen and oxygen atoms in total. The average molecular weight is 298 g/mol. The predicted molar refractivity (Wildman–Crippen MR) is 76.7 cm³/mol. The molecule has 1 aromatic carbocycles. The Morgan fingerprint density at radius 2 is 2.14 bits per heavy atom. The first-order chi connectivity index (χ1) is 9.81. The minimum atomic E-state index is -0.920. The molecule has 1 rings (SSSR count). The maximum absolute atomic E-state index is 13.5. The lowest BCUT2D eigenvalue weighted by Gasteiger charge is -2.18. The van der Waals surface area contributed by atoms with Crippen LogP contribution in [-0.4, -0.2) is 22.5 Å². The summed E-state index contributed by atoms with van der Waals surface area (Å²) in [6, 6.07) is 3.81. The highest BCUT2D eigenvalue weighted by Gasteiger charge is 2.21. The maximum Gasteiger partial charge on any atom is 0.327 e. The van der Waals surface area contributed by atoms with Crippen molar-refractivity contribution in [2.24, 2.45) is 11.8 Å². The van der Waals surface area contributed by atoms with Crippen molar-refractivity contribution in [1.82, 2.24) is 0 Å². The Balaban J connectivity index is 2.82. The molecule has 7 heteroatoms. The van der Waals surface area contributed by atoms with Crippen molar-refractivity contribution in [3.63, 3.8) is 0 Å². The lowest BCUT2D eigenvalue weighted by Crippen LogP contribution is -2.20. The molecule has 116 valence electrons. The van der Waals surface area contributed by atoms with Gasteiger partial charge in [-0.3, -0.25) is 14.9 Å². The Morgan fingerprint density at radius 3 is 2.67 bits per heavy atom. The minimum absolute atomic E-state index is 0.0334. The van der Waals surface area contributed by atoms with Crippen LogP contribution in [-0.2, 0) is 4.79 Å². The Morgan fingerprint density at radius 1 is 1.48 bits per heavy atom. The van der Waals surface area contributed by atoms with Gasteiger partial charge in [0.2, 0.25) is 5.82 Å². The second kappa shape index (κ2) is 7.56. The Hall–Kier alpha value is -2.18. The van der Waals surface area contributed by atoms with Crippen molar-refractivity contribution in [3.05, 3.63) is 34.1 Å². The fourth-order valence-electron chi connectivity index (χ4n) is 2.25. The highest BCUT2D eigenvalue weighted by Crippen LogP contribution is 2.28. The number of nitrogens with one attached hydrogen (secondary N) is 1. The monoisotopic (exact) mass is 298 g/mol. The van der Waals surface area contributed by atoms with Crippen molar-refractivity contribution >= 4 is 17.3 Å². The standard InChI is InChI=1S/C14H19FN2O4/c1-9(2)6-10(7-13(18)19)8-16-12-5-3-4-11(15)14(12)17(20)21/h3-5,9-10,16H,6-8H2,1-2H3,(H,18,19). The number of para-hydroxylation sites is 1. The number of carboxylic acids is 1. The van der Waals surface area contributed by atoms with Gasteiger partial charge in [0.15, 0.2) is 0 Å². The molecule has 0 saturated carbocycles. The second-order valence-electron chi connectivity index (χ2n) is 5.37. The first-order valence-electron chi connectivity index (χ1n) is 6.69. The highest BCUT2D eigenvalue weighted by molar-refractivity contribution is 5.67. The van der Waals surface area contributed by atoms with E-state index in [1.165, 1.54) is 12.1 Å². The number of aliphatic carboxylic acids is 1. The zero-order valence-electron chi connectivity index (χ0n) is 12.0. The van der Waals surface area contributed by atoms with Crippen LogP contribution in [0.25, 0.3) is 0 Å². The zero-order valence-corrected chi connectivity index (χ0v) is 12.0. The molecular formula is C14H19FN2O4. The number of nitro groups is 1. The van der Waals surface area contributed by atoms with Crippen LogP contribution >= 0.6 is 0 Å². The largest absolute Gasteiger partial charge is 0.481 e. The van der Waals surface area contributed by atoms with Crippen LogP contribution < -0.4 is 5.32 Å². The molecule has 0 aromatic heterocycles. The third-order valence-corrected chi connectivity index (χ3v) is 3.02. The van der Waals surface area contributed by atoms with Crippen LogP contribution in [0.4, 0.5) is 15.8 Å². The van der Waals surface area contributed by atoms with Gasteiger partial charge in [-0.2, -0.15) is 4.39 Å². The third kappa shape index (κ3) is 5.37. The number of nitrogens with zero attached hydrogens (tertiary/aromatic N) is 1. The van der Waals surface area contributed by atoms with E-state index >= 15 is 0 Å². The van der Waals surface area contributed by atoms with E-state index in [2.05, 4.69) is 5.32 Å². The molecule has 0 bridgehead atoms. The molecular weight excluding hydrogens is 279 g/mol. The van der Waals surface area contributed by atoms with Crippen molar-refractivity contribution in [2.75, 3.05) is 11.9 Å². The Kier molecular flexibility index (Phi) is 6.08. The van der Waals surface area contributed by atoms with E-state index in [-0.39, 0.29) is 24.6 Å². The highest BCUT2D eigenvalue weighted by atomic mass is 19.1. The van der Waals surface area contributed by atoms with Gasteiger partial charge in [-0.25, -0.2) is 0 Å². The molecule has 0 amide bonds. The molecule has 0 spiro atoms. The number of carbonyl (C=O) groups is 1. The van der Waals surface area contributed by atoms with Crippen LogP contribution in [0, 0.1) is 27.8 Å². The first-order valence-corrected chi connectivity index (χ1v) is 6.69. The van der Waals surface area contributed by atoms with E-state index in [4.69, 9.17) is 5.11 Å². The summed E-state index contributed by atoms with van der Waals surface area (Å²) in [4.78, 5) is 20.9. The number of rotatable bonds is 8. The number of halogens is 1. The van der Waals surface area contributed by atoms with Gasteiger partial charge in [-0.05, 0) is 30.4 Å². The van der Waals surface area contributed by atoms with Crippen molar-refractivity contribution in [2.45, 2.75) is 26.7 Å². The first kappa shape index (κ1) is 16.9. The molecule has 21 heavy (non-hydrogen) atoms. The second-order valence-corrected chi connectivity index (χ2v) is 5.37. The van der Waals surface area contributed by atoms with Gasteiger partial charge in [0, 0.05) is 13.0 Å². The van der Waals surface area contributed by atoms with Gasteiger partial charge >= 0.3 is 11.7 Å². The molecule has 0 radical (unpaired) electrons. The van der Waals surface area contributed by atoms with Gasteiger partial charge < -0.3 is 10.4 Å². The lowest BCUT2D eigenvalue weighted by molar-refractivity contribution is -0.386. The van der Waals surface area contributed by atoms with E-state index < -0.39 is 22.4 Å². The molecule has 0 aliphatic carbocycles. The molecule has 1 atom stereocenters. The third-order valence-electron chi connectivity index (χ3n) is 3.02. The Bertz CT molecular complexity index is 520. The van der Waals surface area contributed by atoms with E-state index in [9.17, 15) is 19.3 Å². The summed E-state index contributed by atoms with van der Waals surface area (Å²) in [6.07, 6.45) is 0.636. The number of carboxylic acid groups (broad SMARTS) is 1. The van der Waals surface area contributed by atoms with Gasteiger partial charge in [-0.15, -0.1) is 0 Å². The predicted octanol–water partition coefficient (Wildman–Crippen LogP) is 3.28. The SMILES string of the molecule is CC(C)CC(CNc1cccc(F)c1[N+](=O)[O-])CC(=O)O. The number of benzene rings is 1. The van der Waals surface area contributed by atoms with Crippen molar-refractivity contribution in [3.8, 4) is 0 Å². The molecule has 0 aliphatic heterocycles. The fourth-order valence-corrected chi connectivity index (χ4v) is 2.25. The van der Waals surface area contributed by atoms with Crippen molar-refractivity contribution < 1.29 is 19.2 Å². The summed E-state index contributed by atoms with van der Waals surface area (Å²) in [5.41, 5.74) is -0.546. The van der Waals surface area contributed by atoms with E-state index in [1.54, 1.807) is 0 Å². The van der Waals surface area contributed by atoms with Gasteiger partial charge in [0.25, 0.3) is 0 Å². The van der Waals surface area contributed by atoms with Crippen LogP contribution in [0.5, 0.6) is 0 Å². The van der Waals surface area contributed by atoms with Crippen LogP contribution in [0.2, 0.25) is 0 Å². The number of anilines is 1. The molecule has 0 aliphatic rings. The molecule has 1 unspecified atom stereocenters. The number of nitro benzene ring substituents is 1. The minimum Gasteiger partial charge on any atom is -0.481 e. The number of hydrogen-bond acceptors (Lipinski definition) is 4. The summed E-state index contributed by atoms with van der Waals surface area (Å²) in [5, 5.41) is 22.6. The number of hydrogen-bond donors (Lipinski definition) is 2. The van der Waals surface area contributed by atoms with Gasteiger partial charge in [-0.1, -0.05) is 19.9 Å². The van der Waals surface area contributed by atoms with Gasteiger partial charge in [0.1, 0.15) is 5.69 Å². The van der Waals surface area contributed by atoms with Crippen LogP contribution in [0.15, 0.2) is 18.2 Å². The quantitative estimate of drug-likeness (QED) is 0.567. The van der Waals surface area contributed by atoms with Crippen molar-refractivity contribution in [1.29, 1.82) is 0 Å². The summed E-state index contributed by atoms with van der Waals surface area (Å²) in [5.74, 6) is -1.70. The molecule has 1 aromatic rings. The van der Waals surface area contributed by atoms with E-state index in [0.29, 0.717) is 12.3 Å². The summed E-state index contributed by atoms with van der Waals surface area (Å²) >= 11 is 0. The summed E-state index contributed by atoms with van der Waals surface area (Å²) in [6.45, 7) is 4.19. The van der Waals surface area contributed by atoms with E-state index in [1.807, 2.05) is 13.8 Å². The van der Waals surface area contributed by atoms with Gasteiger partial charge in [0.05, 0.1) is 4.92 Å². The lowest BCUT2D eigenvalue weighted by atomic mass is 9.94. The average Bonchev–Trinajstić information content (AvgIpc) is 2.34. The zero-order chi connectivity index (χ0) is 16.0. The van der Waals surface area contributed by atoms with E-state index in [0.717, 1.165) is 6.07 Å². The topological polar surface area (TPSA) is 92.5 Å². The summed E-state index contributed by atoms with van der Waals surface area (Å²) in [7, 11) is 0. The van der Waals surface area contributed by atoms with Crippen LogP contribution in [0.3, 0.4) is 0 Å². The molecule has 0 fully saturated rings. The molecule has 0 heterocycles. The normalized spacial score (nSPS) is 12.2.